The third-order valence-corrected chi connectivity index (χ3v) is 8.85. The van der Waals surface area contributed by atoms with Gasteiger partial charge >= 0.3 is 0 Å². The summed E-state index contributed by atoms with van der Waals surface area (Å²) in [5, 5.41) is 19.8. The lowest BCUT2D eigenvalue weighted by atomic mass is 10.0. The molecular formula is C39H51N13O4. The molecule has 56 heavy (non-hydrogen) atoms. The second-order valence-corrected chi connectivity index (χ2v) is 13.2. The second-order valence-electron chi connectivity index (χ2n) is 13.2. The number of nitrogens with two attached hydrogens (primary N) is 5. The summed E-state index contributed by atoms with van der Waals surface area (Å²) >= 11 is 0. The van der Waals surface area contributed by atoms with Crippen molar-refractivity contribution in [2.45, 2.75) is 63.2 Å². The number of amidine groups is 1. The molecule has 0 aliphatic carbocycles. The van der Waals surface area contributed by atoms with Crippen LogP contribution in [0.2, 0.25) is 0 Å². The number of hydrogen-bond acceptors (Lipinski definition) is 7. The quantitative estimate of drug-likeness (QED) is 0.0311. The molecule has 0 spiro atoms. The van der Waals surface area contributed by atoms with Crippen molar-refractivity contribution in [1.29, 1.82) is 5.41 Å². The maximum Gasteiger partial charge on any atom is 0.243 e. The number of aliphatic imine (C=N–C) groups is 2. The van der Waals surface area contributed by atoms with Gasteiger partial charge in [-0.1, -0.05) is 72.8 Å². The number of carbonyl (C=O) groups excluding carboxylic acids is 4. The number of aromatic amines is 1. The Labute approximate surface area is 324 Å². The summed E-state index contributed by atoms with van der Waals surface area (Å²) in [5.74, 6) is -2.35. The molecule has 16 N–H and O–H groups in total. The van der Waals surface area contributed by atoms with E-state index in [1.807, 2.05) is 54.6 Å². The van der Waals surface area contributed by atoms with Gasteiger partial charge in [0.05, 0.1) is 6.42 Å². The largest absolute Gasteiger partial charge is 0.384 e. The Bertz CT molecular complexity index is 2000. The van der Waals surface area contributed by atoms with E-state index in [9.17, 15) is 19.2 Å². The smallest absolute Gasteiger partial charge is 0.243 e. The van der Waals surface area contributed by atoms with Gasteiger partial charge in [0.2, 0.25) is 23.6 Å². The number of fused-ring (bicyclic) bond motifs is 1. The standard InChI is InChI=1S/C39H51N13O4/c40-34(41)26-16-14-25(15-17-26)22-49-35(54)30(12-6-18-46-38(42)43)51-37(56)32(21-27-23-48-29-11-5-4-10-28(27)29)52-36(55)31(13-7-19-47-39(44)45)50-33(53)20-24-8-2-1-3-9-24/h1-5,8-11,14-17,23,30-32,48H,6-7,12-13,18-22H2,(H3,40,41)(H,49,54)(H,50,53)(H,51,56)(H,52,55)(H4,42,43,46)(H4,44,45,47)/t30-,31-,32-/m0/s1. The van der Waals surface area contributed by atoms with Crippen LogP contribution >= 0.6 is 0 Å². The molecule has 0 radical (unpaired) electrons. The van der Waals surface area contributed by atoms with Crippen molar-refractivity contribution in [2.75, 3.05) is 13.1 Å². The highest BCUT2D eigenvalue weighted by Gasteiger charge is 2.30. The number of nitrogens with one attached hydrogen (secondary N) is 6. The van der Waals surface area contributed by atoms with Gasteiger partial charge < -0.3 is 54.9 Å². The number of benzene rings is 3. The van der Waals surface area contributed by atoms with Crippen LogP contribution in [0.1, 0.15) is 47.9 Å². The first-order valence-corrected chi connectivity index (χ1v) is 18.2. The lowest BCUT2D eigenvalue weighted by Gasteiger charge is -2.25. The van der Waals surface area contributed by atoms with Crippen molar-refractivity contribution in [3.05, 3.63) is 107 Å². The number of H-pyrrole nitrogens is 1. The van der Waals surface area contributed by atoms with E-state index >= 15 is 0 Å². The molecule has 0 saturated carbocycles. The van der Waals surface area contributed by atoms with Crippen molar-refractivity contribution in [2.24, 2.45) is 38.7 Å². The fourth-order valence-corrected chi connectivity index (χ4v) is 5.96. The van der Waals surface area contributed by atoms with Gasteiger partial charge in [0.25, 0.3) is 0 Å². The normalized spacial score (nSPS) is 12.4. The Morgan fingerprint density at radius 3 is 1.86 bits per heavy atom. The zero-order valence-corrected chi connectivity index (χ0v) is 31.1. The number of hydrogen-bond donors (Lipinski definition) is 11. The topological polar surface area (TPSA) is 311 Å². The number of guanidine groups is 2. The fourth-order valence-electron chi connectivity index (χ4n) is 5.96. The molecule has 0 aliphatic heterocycles. The van der Waals surface area contributed by atoms with Crippen LogP contribution in [0.5, 0.6) is 0 Å². The van der Waals surface area contributed by atoms with Crippen LogP contribution in [0.25, 0.3) is 10.9 Å². The van der Waals surface area contributed by atoms with E-state index in [4.69, 9.17) is 34.1 Å². The summed E-state index contributed by atoms with van der Waals surface area (Å²) in [4.78, 5) is 66.3. The third-order valence-electron chi connectivity index (χ3n) is 8.85. The van der Waals surface area contributed by atoms with E-state index in [1.54, 1.807) is 30.5 Å². The van der Waals surface area contributed by atoms with Crippen LogP contribution in [-0.4, -0.2) is 77.6 Å². The molecule has 17 nitrogen and oxygen atoms in total. The van der Waals surface area contributed by atoms with Crippen molar-refractivity contribution in [3.8, 4) is 0 Å². The highest BCUT2D eigenvalue weighted by molar-refractivity contribution is 5.96. The van der Waals surface area contributed by atoms with E-state index in [0.717, 1.165) is 27.6 Å². The Morgan fingerprint density at radius 1 is 0.661 bits per heavy atom. The summed E-state index contributed by atoms with van der Waals surface area (Å²) < 4.78 is 0. The van der Waals surface area contributed by atoms with Crippen LogP contribution in [0.3, 0.4) is 0 Å². The molecule has 1 heterocycles. The van der Waals surface area contributed by atoms with Crippen LogP contribution in [0.15, 0.2) is 95.0 Å². The summed E-state index contributed by atoms with van der Waals surface area (Å²) in [6.07, 6.45) is 2.93. The number of para-hydroxylation sites is 1. The number of rotatable bonds is 21. The summed E-state index contributed by atoms with van der Waals surface area (Å²) in [6.45, 7) is 0.572. The van der Waals surface area contributed by atoms with E-state index < -0.39 is 35.8 Å². The van der Waals surface area contributed by atoms with Gasteiger partial charge in [-0.15, -0.1) is 0 Å². The molecule has 17 heteroatoms. The van der Waals surface area contributed by atoms with Crippen molar-refractivity contribution >= 4 is 52.3 Å². The maximum atomic E-state index is 14.2. The highest BCUT2D eigenvalue weighted by Crippen LogP contribution is 2.20. The van der Waals surface area contributed by atoms with Gasteiger partial charge in [-0.05, 0) is 48.4 Å². The second kappa shape index (κ2) is 21.1. The summed E-state index contributed by atoms with van der Waals surface area (Å²) in [6, 6.07) is 20.2. The van der Waals surface area contributed by atoms with Crippen molar-refractivity contribution in [1.82, 2.24) is 26.3 Å². The molecule has 4 rings (SSSR count). The maximum absolute atomic E-state index is 14.2. The van der Waals surface area contributed by atoms with Gasteiger partial charge in [-0.2, -0.15) is 0 Å². The van der Waals surface area contributed by atoms with Gasteiger partial charge in [0.1, 0.15) is 24.0 Å². The molecule has 0 fully saturated rings. The van der Waals surface area contributed by atoms with Crippen molar-refractivity contribution < 1.29 is 19.2 Å². The van der Waals surface area contributed by atoms with E-state index in [-0.39, 0.29) is 69.0 Å². The Hall–Kier alpha value is -6.91. The lowest BCUT2D eigenvalue weighted by Crippen LogP contribution is -2.57. The first-order chi connectivity index (χ1) is 26.9. The van der Waals surface area contributed by atoms with Crippen LogP contribution < -0.4 is 49.9 Å². The molecule has 0 saturated heterocycles. The molecule has 1 aromatic heterocycles. The van der Waals surface area contributed by atoms with Crippen LogP contribution in [-0.2, 0) is 38.6 Å². The monoisotopic (exact) mass is 765 g/mol. The van der Waals surface area contributed by atoms with Gasteiger partial charge in [0, 0.05) is 48.7 Å². The summed E-state index contributed by atoms with van der Waals surface area (Å²) in [5.41, 5.74) is 31.2. The minimum absolute atomic E-state index is 0.0370. The molecule has 4 amide bonds. The first-order valence-electron chi connectivity index (χ1n) is 18.2. The minimum Gasteiger partial charge on any atom is -0.384 e. The highest BCUT2D eigenvalue weighted by atomic mass is 16.2. The van der Waals surface area contributed by atoms with Crippen LogP contribution in [0, 0.1) is 5.41 Å². The molecule has 4 aromatic rings. The minimum atomic E-state index is -1.17. The molecule has 0 unspecified atom stereocenters. The molecule has 3 atom stereocenters. The molecule has 0 bridgehead atoms. The lowest BCUT2D eigenvalue weighted by molar-refractivity contribution is -0.133. The fraction of sp³-hybridized carbons (Fsp3) is 0.308. The van der Waals surface area contributed by atoms with Gasteiger partial charge in [-0.3, -0.25) is 34.6 Å². The van der Waals surface area contributed by atoms with E-state index in [2.05, 4.69) is 36.2 Å². The Kier molecular flexibility index (Phi) is 15.8. The summed E-state index contributed by atoms with van der Waals surface area (Å²) in [7, 11) is 0. The number of carbonyl (C=O) groups is 4. The molecule has 296 valence electrons. The average molecular weight is 766 g/mol. The van der Waals surface area contributed by atoms with Crippen LogP contribution in [0.4, 0.5) is 0 Å². The molecule has 3 aromatic carbocycles. The number of amides is 4. The Morgan fingerprint density at radius 2 is 1.23 bits per heavy atom. The number of nitrogens with zero attached hydrogens (tertiary/aromatic N) is 2. The van der Waals surface area contributed by atoms with E-state index in [1.165, 1.54) is 0 Å². The van der Waals surface area contributed by atoms with E-state index in [0.29, 0.717) is 18.4 Å². The predicted octanol–water partition coefficient (Wildman–Crippen LogP) is 0.115. The Balaban J connectivity index is 1.57. The number of aromatic nitrogens is 1. The SMILES string of the molecule is N=C(N)c1ccc(CNC(=O)[C@H](CCCN=C(N)N)NC(=O)[C@H](Cc2c[nH]c3ccccc23)NC(=O)[C@H](CCCN=C(N)N)NC(=O)Cc2ccccc2)cc1. The van der Waals surface area contributed by atoms with Gasteiger partial charge in [0.15, 0.2) is 11.9 Å². The molecule has 0 aliphatic rings. The van der Waals surface area contributed by atoms with Gasteiger partial charge in [-0.25, -0.2) is 0 Å². The average Bonchev–Trinajstić information content (AvgIpc) is 3.58. The predicted molar refractivity (Wildman–Crippen MR) is 217 cm³/mol. The third kappa shape index (κ3) is 13.5. The zero-order chi connectivity index (χ0) is 40.5. The first kappa shape index (κ1) is 41.8. The number of nitrogen functional groups attached to an aromatic ring is 1. The molecular weight excluding hydrogens is 715 g/mol. The van der Waals surface area contributed by atoms with Crippen molar-refractivity contribution in [3.63, 3.8) is 0 Å². The zero-order valence-electron chi connectivity index (χ0n) is 31.1.